The molecule has 0 atom stereocenters. The minimum Gasteiger partial charge on any atom is -0.467 e. The third kappa shape index (κ3) is 4.36. The van der Waals surface area contributed by atoms with Gasteiger partial charge >= 0.3 is 0 Å². The molecule has 6 nitrogen and oxygen atoms in total. The van der Waals surface area contributed by atoms with Gasteiger partial charge in [0.15, 0.2) is 0 Å². The molecule has 0 aliphatic rings. The lowest BCUT2D eigenvalue weighted by atomic mass is 10.1. The lowest BCUT2D eigenvalue weighted by Gasteiger charge is -2.07. The number of aryl methyl sites for hydroxylation is 1. The highest BCUT2D eigenvalue weighted by Gasteiger charge is 2.12. The molecule has 0 radical (unpaired) electrons. The highest BCUT2D eigenvalue weighted by atomic mass is 16.3. The molecule has 0 unspecified atom stereocenters. The van der Waals surface area contributed by atoms with Crippen LogP contribution in [0.4, 0.5) is 5.69 Å². The van der Waals surface area contributed by atoms with E-state index in [0.29, 0.717) is 17.0 Å². The Morgan fingerprint density at radius 1 is 1.08 bits per heavy atom. The van der Waals surface area contributed by atoms with Crippen molar-refractivity contribution in [2.75, 3.05) is 5.32 Å². The Labute approximate surface area is 151 Å². The monoisotopic (exact) mass is 349 g/mol. The molecule has 1 aromatic carbocycles. The van der Waals surface area contributed by atoms with Crippen molar-refractivity contribution in [1.82, 2.24) is 10.3 Å². The van der Waals surface area contributed by atoms with Crippen LogP contribution in [-0.4, -0.2) is 16.8 Å². The van der Waals surface area contributed by atoms with E-state index >= 15 is 0 Å². The summed E-state index contributed by atoms with van der Waals surface area (Å²) >= 11 is 0. The first-order valence-corrected chi connectivity index (χ1v) is 8.32. The summed E-state index contributed by atoms with van der Waals surface area (Å²) in [6, 6.07) is 14.2. The summed E-state index contributed by atoms with van der Waals surface area (Å²) < 4.78 is 5.17. The van der Waals surface area contributed by atoms with Crippen LogP contribution in [0.25, 0.3) is 0 Å². The van der Waals surface area contributed by atoms with Crippen LogP contribution in [0.2, 0.25) is 0 Å². The largest absolute Gasteiger partial charge is 0.467 e. The Balaban J connectivity index is 1.65. The second-order valence-corrected chi connectivity index (χ2v) is 5.70. The third-order valence-electron chi connectivity index (χ3n) is 3.88. The standard InChI is InChI=1S/C20H19N3O3/c1-2-14-5-7-16(8-6-14)23-20(25)18-12-15(9-10-21-18)19(24)22-13-17-4-3-11-26-17/h3-12H,2,13H2,1H3,(H,22,24)(H,23,25). The Hall–Kier alpha value is -3.41. The van der Waals surface area contributed by atoms with Crippen molar-refractivity contribution in [1.29, 1.82) is 0 Å². The summed E-state index contributed by atoms with van der Waals surface area (Å²) in [4.78, 5) is 28.7. The molecule has 2 amide bonds. The zero-order chi connectivity index (χ0) is 18.4. The number of rotatable bonds is 6. The molecule has 0 fully saturated rings. The molecule has 132 valence electrons. The Bertz CT molecular complexity index is 887. The third-order valence-corrected chi connectivity index (χ3v) is 3.88. The summed E-state index contributed by atoms with van der Waals surface area (Å²) in [6.45, 7) is 2.35. The fourth-order valence-electron chi connectivity index (χ4n) is 2.40. The lowest BCUT2D eigenvalue weighted by Crippen LogP contribution is -2.23. The molecule has 0 spiro atoms. The zero-order valence-electron chi connectivity index (χ0n) is 14.4. The SMILES string of the molecule is CCc1ccc(NC(=O)c2cc(C(=O)NCc3ccco3)ccn2)cc1. The van der Waals surface area contributed by atoms with E-state index in [-0.39, 0.29) is 24.1 Å². The van der Waals surface area contributed by atoms with E-state index in [2.05, 4.69) is 22.5 Å². The van der Waals surface area contributed by atoms with Gasteiger partial charge in [-0.2, -0.15) is 0 Å². The van der Waals surface area contributed by atoms with Crippen LogP contribution in [0.15, 0.2) is 65.4 Å². The van der Waals surface area contributed by atoms with Crippen molar-refractivity contribution in [2.24, 2.45) is 0 Å². The number of furan rings is 1. The highest BCUT2D eigenvalue weighted by Crippen LogP contribution is 2.12. The maximum atomic E-state index is 12.4. The fraction of sp³-hybridized carbons (Fsp3) is 0.150. The summed E-state index contributed by atoms with van der Waals surface area (Å²) in [5.74, 6) is -0.0130. The van der Waals surface area contributed by atoms with Gasteiger partial charge in [0.1, 0.15) is 11.5 Å². The Morgan fingerprint density at radius 3 is 2.58 bits per heavy atom. The number of nitrogens with zero attached hydrogens (tertiary/aromatic N) is 1. The van der Waals surface area contributed by atoms with Gasteiger partial charge in [-0.3, -0.25) is 14.6 Å². The van der Waals surface area contributed by atoms with Crippen LogP contribution in [-0.2, 0) is 13.0 Å². The van der Waals surface area contributed by atoms with E-state index in [4.69, 9.17) is 4.42 Å². The minimum atomic E-state index is -0.366. The lowest BCUT2D eigenvalue weighted by molar-refractivity contribution is 0.0948. The molecule has 0 aliphatic heterocycles. The van der Waals surface area contributed by atoms with Crippen LogP contribution in [0.5, 0.6) is 0 Å². The van der Waals surface area contributed by atoms with E-state index in [1.807, 2.05) is 24.3 Å². The molecule has 0 bridgehead atoms. The van der Waals surface area contributed by atoms with Crippen molar-refractivity contribution in [3.8, 4) is 0 Å². The molecular formula is C20H19N3O3. The molecule has 6 heteroatoms. The molecular weight excluding hydrogens is 330 g/mol. The van der Waals surface area contributed by atoms with Crippen molar-refractivity contribution in [3.05, 3.63) is 83.6 Å². The highest BCUT2D eigenvalue weighted by molar-refractivity contribution is 6.04. The number of nitrogens with one attached hydrogen (secondary N) is 2. The van der Waals surface area contributed by atoms with Crippen LogP contribution < -0.4 is 10.6 Å². The van der Waals surface area contributed by atoms with Gasteiger partial charge in [-0.1, -0.05) is 19.1 Å². The average molecular weight is 349 g/mol. The molecule has 2 aromatic heterocycles. The fourth-order valence-corrected chi connectivity index (χ4v) is 2.40. The number of pyridine rings is 1. The first-order valence-electron chi connectivity index (χ1n) is 8.32. The quantitative estimate of drug-likeness (QED) is 0.714. The van der Waals surface area contributed by atoms with Gasteiger partial charge in [0.25, 0.3) is 11.8 Å². The zero-order valence-corrected chi connectivity index (χ0v) is 14.4. The smallest absolute Gasteiger partial charge is 0.274 e. The number of benzene rings is 1. The van der Waals surface area contributed by atoms with E-state index < -0.39 is 0 Å². The molecule has 2 N–H and O–H groups in total. The van der Waals surface area contributed by atoms with Gasteiger partial charge in [-0.25, -0.2) is 0 Å². The van der Waals surface area contributed by atoms with Gasteiger partial charge in [-0.05, 0) is 48.4 Å². The van der Waals surface area contributed by atoms with Crippen LogP contribution in [0, 0.1) is 0 Å². The normalized spacial score (nSPS) is 10.3. The van der Waals surface area contributed by atoms with Gasteiger partial charge in [0.05, 0.1) is 12.8 Å². The summed E-state index contributed by atoms with van der Waals surface area (Å²) in [5.41, 5.74) is 2.41. The van der Waals surface area contributed by atoms with E-state index in [9.17, 15) is 9.59 Å². The van der Waals surface area contributed by atoms with Gasteiger partial charge in [-0.15, -0.1) is 0 Å². The number of carbonyl (C=O) groups excluding carboxylic acids is 2. The number of hydrogen-bond acceptors (Lipinski definition) is 4. The van der Waals surface area contributed by atoms with E-state index in [1.54, 1.807) is 24.5 Å². The average Bonchev–Trinajstić information content (AvgIpc) is 3.20. The summed E-state index contributed by atoms with van der Waals surface area (Å²) in [7, 11) is 0. The molecule has 3 aromatic rings. The van der Waals surface area contributed by atoms with Gasteiger partial charge in [0, 0.05) is 17.4 Å². The number of hydrogen-bond donors (Lipinski definition) is 2. The maximum Gasteiger partial charge on any atom is 0.274 e. The second-order valence-electron chi connectivity index (χ2n) is 5.70. The molecule has 3 rings (SSSR count). The first kappa shape index (κ1) is 17.4. The number of amides is 2. The first-order chi connectivity index (χ1) is 12.7. The minimum absolute atomic E-state index is 0.176. The van der Waals surface area contributed by atoms with Gasteiger partial charge in [0.2, 0.25) is 0 Å². The molecule has 0 saturated carbocycles. The second kappa shape index (κ2) is 8.11. The number of carbonyl (C=O) groups is 2. The summed E-state index contributed by atoms with van der Waals surface area (Å²) in [6.07, 6.45) is 3.92. The Kier molecular flexibility index (Phi) is 5.43. The van der Waals surface area contributed by atoms with Crippen LogP contribution in [0.1, 0.15) is 39.1 Å². The van der Waals surface area contributed by atoms with Crippen molar-refractivity contribution in [2.45, 2.75) is 19.9 Å². The predicted octanol–water partition coefficient (Wildman–Crippen LogP) is 3.42. The van der Waals surface area contributed by atoms with E-state index in [0.717, 1.165) is 6.42 Å². The topological polar surface area (TPSA) is 84.2 Å². The summed E-state index contributed by atoms with van der Waals surface area (Å²) in [5, 5.41) is 5.52. The predicted molar refractivity (Wildman–Crippen MR) is 97.9 cm³/mol. The molecule has 0 saturated heterocycles. The molecule has 2 heterocycles. The van der Waals surface area contributed by atoms with Crippen LogP contribution >= 0.6 is 0 Å². The van der Waals surface area contributed by atoms with Crippen molar-refractivity contribution >= 4 is 17.5 Å². The van der Waals surface area contributed by atoms with Crippen LogP contribution in [0.3, 0.4) is 0 Å². The van der Waals surface area contributed by atoms with Gasteiger partial charge < -0.3 is 15.1 Å². The Morgan fingerprint density at radius 2 is 1.88 bits per heavy atom. The molecule has 0 aliphatic carbocycles. The number of aromatic nitrogens is 1. The van der Waals surface area contributed by atoms with Crippen molar-refractivity contribution in [3.63, 3.8) is 0 Å². The van der Waals surface area contributed by atoms with E-state index in [1.165, 1.54) is 17.8 Å². The van der Waals surface area contributed by atoms with Crippen molar-refractivity contribution < 1.29 is 14.0 Å². The molecule has 26 heavy (non-hydrogen) atoms. The number of anilines is 1. The maximum absolute atomic E-state index is 12.4.